The molecule has 0 saturated heterocycles. The highest BCUT2D eigenvalue weighted by Gasteiger charge is 2.18. The fourth-order valence-electron chi connectivity index (χ4n) is 2.63. The van der Waals surface area contributed by atoms with Crippen molar-refractivity contribution >= 4 is 0 Å². The van der Waals surface area contributed by atoms with E-state index in [4.69, 9.17) is 4.74 Å². The molecule has 0 saturated carbocycles. The number of fused-ring (bicyclic) bond motifs is 1. The van der Waals surface area contributed by atoms with Gasteiger partial charge in [0, 0.05) is 11.3 Å². The van der Waals surface area contributed by atoms with E-state index >= 15 is 0 Å². The molecule has 0 aliphatic heterocycles. The summed E-state index contributed by atoms with van der Waals surface area (Å²) in [6, 6.07) is 7.36. The average molecular weight is 272 g/mol. The summed E-state index contributed by atoms with van der Waals surface area (Å²) in [6.07, 6.45) is 2.49. The molecule has 2 aromatic rings. The van der Waals surface area contributed by atoms with Crippen LogP contribution < -0.4 is 16.0 Å². The molecule has 1 aliphatic carbocycles. The van der Waals surface area contributed by atoms with Crippen LogP contribution in [0.4, 0.5) is 0 Å². The predicted octanol–water partition coefficient (Wildman–Crippen LogP) is 1.08. The van der Waals surface area contributed by atoms with Gasteiger partial charge in [0.05, 0.1) is 13.7 Å². The van der Waals surface area contributed by atoms with Crippen molar-refractivity contribution in [1.29, 1.82) is 0 Å². The maximum absolute atomic E-state index is 12.3. The van der Waals surface area contributed by atoms with Gasteiger partial charge in [-0.2, -0.15) is 0 Å². The smallest absolute Gasteiger partial charge is 0.328 e. The first-order chi connectivity index (χ1) is 9.69. The number of hydrogen-bond acceptors (Lipinski definition) is 3. The Balaban J connectivity index is 1.98. The number of nitrogens with one attached hydrogen (secondary N) is 1. The first kappa shape index (κ1) is 12.7. The van der Waals surface area contributed by atoms with Gasteiger partial charge in [0.2, 0.25) is 0 Å². The largest absolute Gasteiger partial charge is 0.497 e. The lowest BCUT2D eigenvalue weighted by atomic mass is 10.2. The van der Waals surface area contributed by atoms with E-state index in [1.54, 1.807) is 7.11 Å². The molecule has 1 N–H and O–H groups in total. The zero-order chi connectivity index (χ0) is 14.1. The highest BCUT2D eigenvalue weighted by atomic mass is 16.5. The number of rotatable bonds is 3. The van der Waals surface area contributed by atoms with Gasteiger partial charge in [0.1, 0.15) is 5.75 Å². The topological polar surface area (TPSA) is 64.1 Å². The summed E-state index contributed by atoms with van der Waals surface area (Å²) in [5.41, 5.74) is 1.99. The van der Waals surface area contributed by atoms with Crippen LogP contribution in [0.25, 0.3) is 0 Å². The maximum atomic E-state index is 12.3. The van der Waals surface area contributed by atoms with Gasteiger partial charge in [-0.1, -0.05) is 12.1 Å². The Kier molecular flexibility index (Phi) is 3.18. The summed E-state index contributed by atoms with van der Waals surface area (Å²) < 4.78 is 6.36. The molecule has 0 atom stereocenters. The van der Waals surface area contributed by atoms with Crippen LogP contribution in [0.5, 0.6) is 5.75 Å². The van der Waals surface area contributed by atoms with Crippen molar-refractivity contribution in [3.63, 3.8) is 0 Å². The van der Waals surface area contributed by atoms with Crippen LogP contribution in [0.15, 0.2) is 33.9 Å². The molecule has 5 nitrogen and oxygen atoms in total. The van der Waals surface area contributed by atoms with Crippen LogP contribution in [0, 0.1) is 0 Å². The van der Waals surface area contributed by atoms with Crippen LogP contribution in [0.3, 0.4) is 0 Å². The highest BCUT2D eigenvalue weighted by Crippen LogP contribution is 2.15. The number of methoxy groups -OCH3 is 1. The van der Waals surface area contributed by atoms with Gasteiger partial charge in [0.25, 0.3) is 5.56 Å². The zero-order valence-electron chi connectivity index (χ0n) is 11.3. The average Bonchev–Trinajstić information content (AvgIpc) is 2.92. The van der Waals surface area contributed by atoms with Crippen LogP contribution >= 0.6 is 0 Å². The van der Waals surface area contributed by atoms with E-state index < -0.39 is 0 Å². The van der Waals surface area contributed by atoms with Gasteiger partial charge < -0.3 is 9.72 Å². The summed E-state index contributed by atoms with van der Waals surface area (Å²) in [7, 11) is 1.60. The third kappa shape index (κ3) is 2.15. The molecule has 5 heteroatoms. The van der Waals surface area contributed by atoms with Gasteiger partial charge in [-0.05, 0) is 37.0 Å². The third-order valence-electron chi connectivity index (χ3n) is 3.72. The second-order valence-corrected chi connectivity index (χ2v) is 4.98. The quantitative estimate of drug-likeness (QED) is 0.909. The molecule has 0 radical (unpaired) electrons. The third-order valence-corrected chi connectivity index (χ3v) is 3.72. The highest BCUT2D eigenvalue weighted by molar-refractivity contribution is 5.28. The molecule has 0 unspecified atom stereocenters. The lowest BCUT2D eigenvalue weighted by Crippen LogP contribution is -2.37. The summed E-state index contributed by atoms with van der Waals surface area (Å²) in [5.74, 6) is 0.754. The first-order valence-corrected chi connectivity index (χ1v) is 6.67. The Morgan fingerprint density at radius 3 is 2.65 bits per heavy atom. The lowest BCUT2D eigenvalue weighted by Gasteiger charge is -2.08. The molecule has 0 bridgehead atoms. The summed E-state index contributed by atoms with van der Waals surface area (Å²) in [4.78, 5) is 27.2. The van der Waals surface area contributed by atoms with Crippen molar-refractivity contribution in [2.24, 2.45) is 0 Å². The van der Waals surface area contributed by atoms with E-state index in [1.165, 1.54) is 4.57 Å². The lowest BCUT2D eigenvalue weighted by molar-refractivity contribution is 0.414. The molecule has 0 amide bonds. The normalized spacial score (nSPS) is 13.2. The molecule has 1 heterocycles. The predicted molar refractivity (Wildman–Crippen MR) is 75.4 cm³/mol. The zero-order valence-corrected chi connectivity index (χ0v) is 11.3. The van der Waals surface area contributed by atoms with Crippen molar-refractivity contribution in [2.75, 3.05) is 7.11 Å². The van der Waals surface area contributed by atoms with Crippen LogP contribution in [-0.2, 0) is 19.4 Å². The molecular weight excluding hydrogens is 256 g/mol. The van der Waals surface area contributed by atoms with Gasteiger partial charge in [0.15, 0.2) is 0 Å². The number of hydrogen-bond donors (Lipinski definition) is 1. The molecule has 0 fully saturated rings. The fraction of sp³-hybridized carbons (Fsp3) is 0.333. The van der Waals surface area contributed by atoms with E-state index in [2.05, 4.69) is 4.98 Å². The van der Waals surface area contributed by atoms with Gasteiger partial charge in [-0.3, -0.25) is 9.36 Å². The van der Waals surface area contributed by atoms with Crippen molar-refractivity contribution in [3.8, 4) is 5.75 Å². The van der Waals surface area contributed by atoms with E-state index in [0.29, 0.717) is 0 Å². The fourth-order valence-corrected chi connectivity index (χ4v) is 2.63. The van der Waals surface area contributed by atoms with E-state index in [9.17, 15) is 9.59 Å². The van der Waals surface area contributed by atoms with Crippen LogP contribution in [-0.4, -0.2) is 16.7 Å². The second-order valence-electron chi connectivity index (χ2n) is 4.98. The monoisotopic (exact) mass is 272 g/mol. The number of aromatic amines is 1. The number of nitrogens with zero attached hydrogens (tertiary/aromatic N) is 1. The Morgan fingerprint density at radius 2 is 1.95 bits per heavy atom. The number of aromatic nitrogens is 2. The molecular formula is C15H16N2O3. The van der Waals surface area contributed by atoms with Crippen LogP contribution in [0.2, 0.25) is 0 Å². The molecule has 1 aromatic carbocycles. The van der Waals surface area contributed by atoms with E-state index in [0.717, 1.165) is 41.8 Å². The molecule has 3 rings (SSSR count). The minimum Gasteiger partial charge on any atom is -0.497 e. The SMILES string of the molecule is COc1ccc(Cn2c(=O)[nH]c3c(c2=O)CCC3)cc1. The second kappa shape index (κ2) is 5.00. The van der Waals surface area contributed by atoms with Gasteiger partial charge in [-0.15, -0.1) is 0 Å². The number of H-pyrrole nitrogens is 1. The molecule has 1 aliphatic rings. The number of ether oxygens (including phenoxy) is 1. The van der Waals surface area contributed by atoms with Gasteiger partial charge >= 0.3 is 5.69 Å². The standard InChI is InChI=1S/C15H16N2O3/c1-20-11-7-5-10(6-8-11)9-17-14(18)12-3-2-4-13(12)16-15(17)19/h5-8H,2-4,9H2,1H3,(H,16,19). The van der Waals surface area contributed by atoms with E-state index in [-0.39, 0.29) is 17.8 Å². The van der Waals surface area contributed by atoms with Crippen molar-refractivity contribution in [1.82, 2.24) is 9.55 Å². The molecule has 20 heavy (non-hydrogen) atoms. The molecule has 104 valence electrons. The first-order valence-electron chi connectivity index (χ1n) is 6.67. The minimum absolute atomic E-state index is 0.155. The summed E-state index contributed by atoms with van der Waals surface area (Å²) >= 11 is 0. The number of benzene rings is 1. The van der Waals surface area contributed by atoms with E-state index in [1.807, 2.05) is 24.3 Å². The molecule has 1 aromatic heterocycles. The number of aryl methyl sites for hydroxylation is 1. The Hall–Kier alpha value is -2.30. The van der Waals surface area contributed by atoms with Crippen molar-refractivity contribution in [3.05, 3.63) is 61.9 Å². The summed E-state index contributed by atoms with van der Waals surface area (Å²) in [5, 5.41) is 0. The Labute approximate surface area is 115 Å². The minimum atomic E-state index is -0.327. The maximum Gasteiger partial charge on any atom is 0.328 e. The van der Waals surface area contributed by atoms with Crippen LogP contribution in [0.1, 0.15) is 23.2 Å². The molecule has 0 spiro atoms. The van der Waals surface area contributed by atoms with Crippen molar-refractivity contribution < 1.29 is 4.74 Å². The van der Waals surface area contributed by atoms with Crippen molar-refractivity contribution in [2.45, 2.75) is 25.8 Å². The Morgan fingerprint density at radius 1 is 1.20 bits per heavy atom. The Bertz CT molecular complexity index is 741. The van der Waals surface area contributed by atoms with Gasteiger partial charge in [-0.25, -0.2) is 4.79 Å². The summed E-state index contributed by atoms with van der Waals surface area (Å²) in [6.45, 7) is 0.283.